The van der Waals surface area contributed by atoms with Crippen LogP contribution in [0.5, 0.6) is 0 Å². The topological polar surface area (TPSA) is 49.3 Å². The number of nitrogens with one attached hydrogen (secondary N) is 1. The molecule has 3 nitrogen and oxygen atoms in total. The minimum absolute atomic E-state index is 0.407. The number of rotatable bonds is 5. The second kappa shape index (κ2) is 6.09. The summed E-state index contributed by atoms with van der Waals surface area (Å²) in [6.45, 7) is 1.70. The number of para-hydroxylation sites is 1. The Bertz CT molecular complexity index is 600. The van der Waals surface area contributed by atoms with E-state index in [1.54, 1.807) is 6.92 Å². The first-order chi connectivity index (χ1) is 9.51. The van der Waals surface area contributed by atoms with Crippen molar-refractivity contribution in [3.05, 3.63) is 64.6 Å². The number of anilines is 1. The maximum absolute atomic E-state index is 11.7. The molecule has 0 saturated carbocycles. The van der Waals surface area contributed by atoms with E-state index in [2.05, 4.69) is 21.2 Å². The van der Waals surface area contributed by atoms with Gasteiger partial charge in [0.2, 0.25) is 0 Å². The van der Waals surface area contributed by atoms with Crippen molar-refractivity contribution in [3.8, 4) is 0 Å². The van der Waals surface area contributed by atoms with Gasteiger partial charge in [-0.15, -0.1) is 0 Å². The van der Waals surface area contributed by atoms with Gasteiger partial charge in [0.25, 0.3) is 0 Å². The van der Waals surface area contributed by atoms with Crippen LogP contribution in [0.3, 0.4) is 0 Å². The van der Waals surface area contributed by atoms with Crippen LogP contribution >= 0.6 is 15.9 Å². The Balaban J connectivity index is 2.26. The van der Waals surface area contributed by atoms with Crippen molar-refractivity contribution in [2.45, 2.75) is 18.9 Å². The Morgan fingerprint density at radius 1 is 1.15 bits per heavy atom. The molecule has 2 rings (SSSR count). The molecule has 0 bridgehead atoms. The number of halogens is 1. The summed E-state index contributed by atoms with van der Waals surface area (Å²) in [6, 6.07) is 17.1. The number of benzene rings is 2. The van der Waals surface area contributed by atoms with Crippen LogP contribution in [-0.4, -0.2) is 16.6 Å². The van der Waals surface area contributed by atoms with Crippen LogP contribution in [0.2, 0.25) is 0 Å². The largest absolute Gasteiger partial charge is 0.480 e. The minimum atomic E-state index is -1.06. The van der Waals surface area contributed by atoms with Gasteiger partial charge < -0.3 is 10.4 Å². The van der Waals surface area contributed by atoms with Crippen molar-refractivity contribution in [1.29, 1.82) is 0 Å². The zero-order chi connectivity index (χ0) is 14.6. The first-order valence-electron chi connectivity index (χ1n) is 6.31. The predicted molar refractivity (Wildman–Crippen MR) is 84.0 cm³/mol. The molecule has 4 heteroatoms. The summed E-state index contributed by atoms with van der Waals surface area (Å²) in [5.41, 5.74) is 0.691. The highest BCUT2D eigenvalue weighted by Gasteiger charge is 2.33. The number of carbonyl (C=O) groups is 1. The van der Waals surface area contributed by atoms with E-state index in [1.165, 1.54) is 0 Å². The first kappa shape index (κ1) is 14.6. The molecule has 0 fully saturated rings. The fraction of sp³-hybridized carbons (Fsp3) is 0.188. The summed E-state index contributed by atoms with van der Waals surface area (Å²) in [5, 5.41) is 12.7. The quantitative estimate of drug-likeness (QED) is 0.871. The van der Waals surface area contributed by atoms with Crippen molar-refractivity contribution in [2.24, 2.45) is 0 Å². The average Bonchev–Trinajstić information content (AvgIpc) is 2.42. The van der Waals surface area contributed by atoms with Crippen molar-refractivity contribution in [2.75, 3.05) is 5.32 Å². The molecule has 1 atom stereocenters. The Kier molecular flexibility index (Phi) is 4.45. The summed E-state index contributed by atoms with van der Waals surface area (Å²) in [6.07, 6.45) is 0.407. The van der Waals surface area contributed by atoms with Crippen LogP contribution in [0.25, 0.3) is 0 Å². The predicted octanol–water partition coefficient (Wildman–Crippen LogP) is 3.95. The molecular formula is C16H16BrNO2. The summed E-state index contributed by atoms with van der Waals surface area (Å²) < 4.78 is 0.848. The number of carboxylic acid groups (broad SMARTS) is 1. The van der Waals surface area contributed by atoms with E-state index in [9.17, 15) is 9.90 Å². The van der Waals surface area contributed by atoms with Gasteiger partial charge in [-0.25, -0.2) is 4.79 Å². The Morgan fingerprint density at radius 3 is 2.35 bits per heavy atom. The number of hydrogen-bond donors (Lipinski definition) is 2. The summed E-state index contributed by atoms with van der Waals surface area (Å²) in [5.74, 6) is -0.878. The lowest BCUT2D eigenvalue weighted by Gasteiger charge is -2.28. The second-order valence-corrected chi connectivity index (χ2v) is 5.76. The van der Waals surface area contributed by atoms with Gasteiger partial charge in [0, 0.05) is 16.6 Å². The Morgan fingerprint density at radius 2 is 1.75 bits per heavy atom. The van der Waals surface area contributed by atoms with E-state index in [1.807, 2.05) is 54.6 Å². The van der Waals surface area contributed by atoms with Crippen LogP contribution in [-0.2, 0) is 11.2 Å². The SMILES string of the molecule is CC(Cc1ccccc1)(Nc1ccccc1Br)C(=O)O. The lowest BCUT2D eigenvalue weighted by atomic mass is 9.92. The summed E-state index contributed by atoms with van der Waals surface area (Å²) >= 11 is 3.43. The minimum Gasteiger partial charge on any atom is -0.480 e. The molecule has 1 unspecified atom stereocenters. The fourth-order valence-electron chi connectivity index (χ4n) is 2.04. The van der Waals surface area contributed by atoms with Gasteiger partial charge in [-0.3, -0.25) is 0 Å². The Labute approximate surface area is 126 Å². The van der Waals surface area contributed by atoms with Crippen molar-refractivity contribution >= 4 is 27.6 Å². The van der Waals surface area contributed by atoms with E-state index in [-0.39, 0.29) is 0 Å². The molecule has 0 aliphatic carbocycles. The van der Waals surface area contributed by atoms with Crippen LogP contribution in [0.15, 0.2) is 59.1 Å². The normalized spacial score (nSPS) is 13.5. The molecule has 2 aromatic rings. The van der Waals surface area contributed by atoms with Gasteiger partial charge in [-0.2, -0.15) is 0 Å². The lowest BCUT2D eigenvalue weighted by Crippen LogP contribution is -2.45. The molecule has 0 saturated heterocycles. The zero-order valence-corrected chi connectivity index (χ0v) is 12.7. The molecule has 0 radical (unpaired) electrons. The third kappa shape index (κ3) is 3.39. The molecule has 2 N–H and O–H groups in total. The van der Waals surface area contributed by atoms with E-state index in [0.29, 0.717) is 6.42 Å². The van der Waals surface area contributed by atoms with E-state index in [0.717, 1.165) is 15.7 Å². The van der Waals surface area contributed by atoms with Crippen LogP contribution in [0.4, 0.5) is 5.69 Å². The maximum Gasteiger partial charge on any atom is 0.329 e. The van der Waals surface area contributed by atoms with E-state index >= 15 is 0 Å². The van der Waals surface area contributed by atoms with Crippen molar-refractivity contribution < 1.29 is 9.90 Å². The van der Waals surface area contributed by atoms with Crippen molar-refractivity contribution in [3.63, 3.8) is 0 Å². The van der Waals surface area contributed by atoms with Gasteiger partial charge in [0.1, 0.15) is 5.54 Å². The molecule has 0 amide bonds. The van der Waals surface area contributed by atoms with Crippen LogP contribution < -0.4 is 5.32 Å². The number of carboxylic acids is 1. The lowest BCUT2D eigenvalue weighted by molar-refractivity contribution is -0.141. The van der Waals surface area contributed by atoms with E-state index in [4.69, 9.17) is 0 Å². The second-order valence-electron chi connectivity index (χ2n) is 4.90. The molecule has 20 heavy (non-hydrogen) atoms. The summed E-state index contributed by atoms with van der Waals surface area (Å²) in [4.78, 5) is 11.7. The molecule has 0 aromatic heterocycles. The number of aliphatic carboxylic acids is 1. The van der Waals surface area contributed by atoms with Crippen LogP contribution in [0.1, 0.15) is 12.5 Å². The molecule has 0 spiro atoms. The summed E-state index contributed by atoms with van der Waals surface area (Å²) in [7, 11) is 0. The smallest absolute Gasteiger partial charge is 0.329 e. The molecule has 0 aliphatic heterocycles. The molecule has 2 aromatic carbocycles. The monoisotopic (exact) mass is 333 g/mol. The standard InChI is InChI=1S/C16H16BrNO2/c1-16(15(19)20,11-12-7-3-2-4-8-12)18-14-10-6-5-9-13(14)17/h2-10,18H,11H2,1H3,(H,19,20). The molecular weight excluding hydrogens is 318 g/mol. The molecule has 0 aliphatic rings. The van der Waals surface area contributed by atoms with Gasteiger partial charge >= 0.3 is 5.97 Å². The van der Waals surface area contributed by atoms with Gasteiger partial charge in [0.15, 0.2) is 0 Å². The molecule has 104 valence electrons. The van der Waals surface area contributed by atoms with Gasteiger partial charge in [-0.05, 0) is 40.5 Å². The highest BCUT2D eigenvalue weighted by atomic mass is 79.9. The average molecular weight is 334 g/mol. The third-order valence-corrected chi connectivity index (χ3v) is 3.85. The van der Waals surface area contributed by atoms with Crippen molar-refractivity contribution in [1.82, 2.24) is 0 Å². The van der Waals surface area contributed by atoms with E-state index < -0.39 is 11.5 Å². The van der Waals surface area contributed by atoms with Gasteiger partial charge in [-0.1, -0.05) is 42.5 Å². The third-order valence-electron chi connectivity index (χ3n) is 3.16. The Hall–Kier alpha value is -1.81. The zero-order valence-electron chi connectivity index (χ0n) is 11.1. The fourth-order valence-corrected chi connectivity index (χ4v) is 2.42. The first-order valence-corrected chi connectivity index (χ1v) is 7.10. The van der Waals surface area contributed by atoms with Gasteiger partial charge in [0.05, 0.1) is 0 Å². The maximum atomic E-state index is 11.7. The highest BCUT2D eigenvalue weighted by molar-refractivity contribution is 9.10. The number of hydrogen-bond acceptors (Lipinski definition) is 2. The van der Waals surface area contributed by atoms with Crippen LogP contribution in [0, 0.1) is 0 Å². The highest BCUT2D eigenvalue weighted by Crippen LogP contribution is 2.26. The molecule has 0 heterocycles.